The fourth-order valence-corrected chi connectivity index (χ4v) is 2.57. The van der Waals surface area contributed by atoms with E-state index in [9.17, 15) is 13.2 Å². The van der Waals surface area contributed by atoms with Gasteiger partial charge in [-0.1, -0.05) is 29.3 Å². The van der Waals surface area contributed by atoms with Gasteiger partial charge in [-0.2, -0.15) is 0 Å². The van der Waals surface area contributed by atoms with Gasteiger partial charge in [0.15, 0.2) is 0 Å². The van der Waals surface area contributed by atoms with Crippen LogP contribution in [-0.4, -0.2) is 39.8 Å². The Balaban J connectivity index is 2.16. The number of benzene rings is 1. The van der Waals surface area contributed by atoms with E-state index in [1.54, 1.807) is 25.1 Å². The molecule has 0 atom stereocenters. The summed E-state index contributed by atoms with van der Waals surface area (Å²) in [6.45, 7) is 2.30. The molecule has 1 aromatic rings. The molecular weight excluding hydrogens is 363 g/mol. The molecule has 0 radical (unpaired) electrons. The smallest absolute Gasteiger partial charge is 0.220 e. The second-order valence-electron chi connectivity index (χ2n) is 4.65. The Hall–Kier alpha value is -1.02. The lowest BCUT2D eigenvalue weighted by molar-refractivity contribution is -0.121. The minimum absolute atomic E-state index is 0.0182. The standard InChI is InChI=1S/C14H20Cl2N2O4S/c1-2-23(20,21)18-9-8-17-13(19)7-4-10-22-12-6-3-5-11(15)14(12)16/h3,5-6,18H,2,4,7-10H2,1H3,(H,17,19). The molecule has 130 valence electrons. The Morgan fingerprint density at radius 2 is 2.00 bits per heavy atom. The highest BCUT2D eigenvalue weighted by Gasteiger charge is 2.07. The second kappa shape index (κ2) is 9.97. The number of carbonyl (C=O) groups is 1. The molecule has 0 heterocycles. The van der Waals surface area contributed by atoms with Gasteiger partial charge in [0.25, 0.3) is 0 Å². The molecule has 0 unspecified atom stereocenters. The summed E-state index contributed by atoms with van der Waals surface area (Å²) in [5.74, 6) is 0.333. The Kier molecular flexibility index (Phi) is 8.68. The van der Waals surface area contributed by atoms with Crippen molar-refractivity contribution in [3.05, 3.63) is 28.2 Å². The summed E-state index contributed by atoms with van der Waals surface area (Å²) in [6.07, 6.45) is 0.786. The van der Waals surface area contributed by atoms with E-state index >= 15 is 0 Å². The highest BCUT2D eigenvalue weighted by Crippen LogP contribution is 2.31. The van der Waals surface area contributed by atoms with Gasteiger partial charge < -0.3 is 10.1 Å². The third-order valence-corrected chi connectivity index (χ3v) is 5.08. The van der Waals surface area contributed by atoms with E-state index in [2.05, 4.69) is 10.0 Å². The highest BCUT2D eigenvalue weighted by molar-refractivity contribution is 7.89. The second-order valence-corrected chi connectivity index (χ2v) is 7.53. The van der Waals surface area contributed by atoms with Crippen LogP contribution in [0.5, 0.6) is 5.75 Å². The van der Waals surface area contributed by atoms with Crippen LogP contribution in [0.4, 0.5) is 0 Å². The molecule has 0 saturated carbocycles. The van der Waals surface area contributed by atoms with Gasteiger partial charge in [0.1, 0.15) is 10.8 Å². The van der Waals surface area contributed by atoms with Crippen LogP contribution in [0.25, 0.3) is 0 Å². The third-order valence-electron chi connectivity index (χ3n) is 2.87. The summed E-state index contributed by atoms with van der Waals surface area (Å²) < 4.78 is 30.2. The molecule has 1 amide bonds. The van der Waals surface area contributed by atoms with Gasteiger partial charge in [-0.3, -0.25) is 4.79 Å². The van der Waals surface area contributed by atoms with Gasteiger partial charge >= 0.3 is 0 Å². The van der Waals surface area contributed by atoms with E-state index in [1.165, 1.54) is 0 Å². The van der Waals surface area contributed by atoms with Crippen LogP contribution >= 0.6 is 23.2 Å². The Morgan fingerprint density at radius 3 is 2.70 bits per heavy atom. The van der Waals surface area contributed by atoms with Crippen molar-refractivity contribution in [3.63, 3.8) is 0 Å². The maximum absolute atomic E-state index is 11.6. The summed E-state index contributed by atoms with van der Waals surface area (Å²) in [4.78, 5) is 11.6. The summed E-state index contributed by atoms with van der Waals surface area (Å²) >= 11 is 11.8. The molecule has 0 aliphatic carbocycles. The van der Waals surface area contributed by atoms with E-state index in [0.29, 0.717) is 28.8 Å². The monoisotopic (exact) mass is 382 g/mol. The Morgan fingerprint density at radius 1 is 1.26 bits per heavy atom. The Bertz CT molecular complexity index is 623. The van der Waals surface area contributed by atoms with E-state index < -0.39 is 10.0 Å². The zero-order valence-electron chi connectivity index (χ0n) is 12.8. The molecule has 0 spiro atoms. The number of rotatable bonds is 10. The van der Waals surface area contributed by atoms with Crippen molar-refractivity contribution in [2.24, 2.45) is 0 Å². The van der Waals surface area contributed by atoms with Crippen molar-refractivity contribution in [1.29, 1.82) is 0 Å². The maximum atomic E-state index is 11.6. The minimum atomic E-state index is -3.22. The molecule has 0 aliphatic rings. The summed E-state index contributed by atoms with van der Waals surface area (Å²) in [5, 5.41) is 3.39. The Labute approximate surface area is 146 Å². The average molecular weight is 383 g/mol. The van der Waals surface area contributed by atoms with Crippen LogP contribution in [0.2, 0.25) is 10.0 Å². The van der Waals surface area contributed by atoms with Crippen molar-refractivity contribution in [2.45, 2.75) is 19.8 Å². The number of hydrogen-bond donors (Lipinski definition) is 2. The quantitative estimate of drug-likeness (QED) is 0.607. The van der Waals surface area contributed by atoms with Gasteiger partial charge in [-0.15, -0.1) is 0 Å². The van der Waals surface area contributed by atoms with Gasteiger partial charge in [0.2, 0.25) is 15.9 Å². The number of amides is 1. The predicted molar refractivity (Wildman–Crippen MR) is 91.7 cm³/mol. The van der Waals surface area contributed by atoms with Crippen molar-refractivity contribution in [3.8, 4) is 5.75 Å². The van der Waals surface area contributed by atoms with Crippen molar-refractivity contribution < 1.29 is 17.9 Å². The molecule has 9 heteroatoms. The first-order valence-corrected chi connectivity index (χ1v) is 9.57. The fraction of sp³-hybridized carbons (Fsp3) is 0.500. The molecule has 0 aliphatic heterocycles. The summed E-state index contributed by atoms with van der Waals surface area (Å²) in [5.41, 5.74) is 0. The van der Waals surface area contributed by atoms with Crippen LogP contribution in [0.15, 0.2) is 18.2 Å². The number of sulfonamides is 1. The van der Waals surface area contributed by atoms with Gasteiger partial charge in [-0.25, -0.2) is 13.1 Å². The van der Waals surface area contributed by atoms with Crippen LogP contribution in [0.3, 0.4) is 0 Å². The normalized spacial score (nSPS) is 11.3. The molecule has 2 N–H and O–H groups in total. The zero-order chi connectivity index (χ0) is 17.3. The van der Waals surface area contributed by atoms with Crippen molar-refractivity contribution >= 4 is 39.1 Å². The summed E-state index contributed by atoms with van der Waals surface area (Å²) in [6, 6.07) is 5.10. The molecule has 0 fully saturated rings. The maximum Gasteiger partial charge on any atom is 0.220 e. The topological polar surface area (TPSA) is 84.5 Å². The van der Waals surface area contributed by atoms with Gasteiger partial charge in [0, 0.05) is 19.5 Å². The van der Waals surface area contributed by atoms with Gasteiger partial charge in [0.05, 0.1) is 17.4 Å². The minimum Gasteiger partial charge on any atom is -0.492 e. The first-order chi connectivity index (χ1) is 10.9. The molecule has 6 nitrogen and oxygen atoms in total. The molecule has 1 rings (SSSR count). The number of halogens is 2. The SMILES string of the molecule is CCS(=O)(=O)NCCNC(=O)CCCOc1cccc(Cl)c1Cl. The van der Waals surface area contributed by atoms with Crippen LogP contribution in [-0.2, 0) is 14.8 Å². The van der Waals surface area contributed by atoms with E-state index in [0.717, 1.165) is 0 Å². The first-order valence-electron chi connectivity index (χ1n) is 7.16. The molecule has 23 heavy (non-hydrogen) atoms. The van der Waals surface area contributed by atoms with Crippen molar-refractivity contribution in [2.75, 3.05) is 25.4 Å². The lowest BCUT2D eigenvalue weighted by atomic mass is 10.3. The molecular formula is C14H20Cl2N2O4S. The van der Waals surface area contributed by atoms with Gasteiger partial charge in [-0.05, 0) is 25.5 Å². The molecule has 0 bridgehead atoms. The highest BCUT2D eigenvalue weighted by atomic mass is 35.5. The molecule has 1 aromatic carbocycles. The largest absolute Gasteiger partial charge is 0.492 e. The van der Waals surface area contributed by atoms with Crippen molar-refractivity contribution in [1.82, 2.24) is 10.0 Å². The fourth-order valence-electron chi connectivity index (χ4n) is 1.61. The van der Waals surface area contributed by atoms with Crippen LogP contribution in [0.1, 0.15) is 19.8 Å². The zero-order valence-corrected chi connectivity index (χ0v) is 15.1. The first kappa shape index (κ1) is 20.0. The number of carbonyl (C=O) groups excluding carboxylic acids is 1. The lowest BCUT2D eigenvalue weighted by Gasteiger charge is -2.09. The number of ether oxygens (including phenoxy) is 1. The average Bonchev–Trinajstić information content (AvgIpc) is 2.52. The van der Waals surface area contributed by atoms with E-state index in [-0.39, 0.29) is 31.2 Å². The third kappa shape index (κ3) is 7.87. The van der Waals surface area contributed by atoms with E-state index in [4.69, 9.17) is 27.9 Å². The predicted octanol–water partition coefficient (Wildman–Crippen LogP) is 2.21. The molecule has 0 saturated heterocycles. The van der Waals surface area contributed by atoms with E-state index in [1.807, 2.05) is 0 Å². The number of hydrogen-bond acceptors (Lipinski definition) is 4. The lowest BCUT2D eigenvalue weighted by Crippen LogP contribution is -2.35. The van der Waals surface area contributed by atoms with Crippen LogP contribution in [0, 0.1) is 0 Å². The summed E-state index contributed by atoms with van der Waals surface area (Å²) in [7, 11) is -3.22. The number of nitrogens with one attached hydrogen (secondary N) is 2. The molecule has 0 aromatic heterocycles. The van der Waals surface area contributed by atoms with Crippen LogP contribution < -0.4 is 14.8 Å².